The Morgan fingerprint density at radius 2 is 1.82 bits per heavy atom. The second kappa shape index (κ2) is 9.88. The Bertz CT molecular complexity index is 1210. The van der Waals surface area contributed by atoms with Gasteiger partial charge in [0, 0.05) is 29.3 Å². The molecular weight excluding hydrogens is 424 g/mol. The van der Waals surface area contributed by atoms with Crippen LogP contribution in [0.15, 0.2) is 58.8 Å². The maximum atomic E-state index is 13.5. The van der Waals surface area contributed by atoms with Gasteiger partial charge in [-0.2, -0.15) is 0 Å². The molecule has 5 heteroatoms. The van der Waals surface area contributed by atoms with Crippen molar-refractivity contribution in [3.63, 3.8) is 0 Å². The lowest BCUT2D eigenvalue weighted by Crippen LogP contribution is -2.26. The molecular formula is C29H34N2O3. The molecule has 2 aromatic rings. The molecule has 0 bridgehead atoms. The highest BCUT2D eigenvalue weighted by Gasteiger charge is 2.37. The minimum absolute atomic E-state index is 0.130. The highest BCUT2D eigenvalue weighted by molar-refractivity contribution is 6.16. The van der Waals surface area contributed by atoms with Gasteiger partial charge in [0.05, 0.1) is 18.3 Å². The van der Waals surface area contributed by atoms with Gasteiger partial charge in [-0.05, 0) is 89.6 Å². The van der Waals surface area contributed by atoms with E-state index in [9.17, 15) is 9.59 Å². The fourth-order valence-electron chi connectivity index (χ4n) is 5.06. The van der Waals surface area contributed by atoms with Crippen molar-refractivity contribution in [2.75, 3.05) is 13.7 Å². The molecule has 1 aliphatic carbocycles. The number of aromatic nitrogens is 1. The van der Waals surface area contributed by atoms with Crippen molar-refractivity contribution in [2.45, 2.75) is 59.8 Å². The molecule has 178 valence electrons. The quantitative estimate of drug-likeness (QED) is 0.305. The van der Waals surface area contributed by atoms with Crippen LogP contribution >= 0.6 is 0 Å². The van der Waals surface area contributed by atoms with Gasteiger partial charge in [0.1, 0.15) is 0 Å². The molecule has 0 atom stereocenters. The summed E-state index contributed by atoms with van der Waals surface area (Å²) < 4.78 is 7.24. The zero-order chi connectivity index (χ0) is 24.4. The fraction of sp³-hybridized carbons (Fsp3) is 0.379. The van der Waals surface area contributed by atoms with E-state index >= 15 is 0 Å². The third kappa shape index (κ3) is 4.52. The molecule has 0 N–H and O–H groups in total. The largest absolute Gasteiger partial charge is 0.465 e. The third-order valence-corrected chi connectivity index (χ3v) is 7.00. The monoisotopic (exact) mass is 458 g/mol. The minimum atomic E-state index is -0.469. The van der Waals surface area contributed by atoms with Gasteiger partial charge in [-0.25, -0.2) is 4.79 Å². The number of nitrogens with zero attached hydrogens (tertiary/aromatic N) is 2. The van der Waals surface area contributed by atoms with Crippen LogP contribution < -0.4 is 0 Å². The summed E-state index contributed by atoms with van der Waals surface area (Å²) in [6.45, 7) is 8.59. The normalized spacial score (nSPS) is 17.6. The number of hydrogen-bond donors (Lipinski definition) is 0. The van der Waals surface area contributed by atoms with Crippen LogP contribution in [0.25, 0.3) is 11.8 Å². The second-order valence-corrected chi connectivity index (χ2v) is 9.32. The second-order valence-electron chi connectivity index (χ2n) is 9.32. The molecule has 1 amide bonds. The highest BCUT2D eigenvalue weighted by Crippen LogP contribution is 2.34. The standard InChI is InChI=1S/C29H34N2O3/c1-19-11-13-25(14-12-19)31-20(2)17-24(21(31)3)18-26-27(29(33)34-5)22(4)30(28(26)32)16-15-23-9-7-6-8-10-23/h9,11-14,17-18H,6-8,10,15-16H2,1-5H3/b26-18-. The molecule has 2 heterocycles. The minimum Gasteiger partial charge on any atom is -0.465 e. The first-order valence-corrected chi connectivity index (χ1v) is 12.1. The van der Waals surface area contributed by atoms with E-state index in [1.54, 1.807) is 4.90 Å². The average Bonchev–Trinajstić information content (AvgIpc) is 3.24. The van der Waals surface area contributed by atoms with Gasteiger partial charge in [0.25, 0.3) is 5.91 Å². The van der Waals surface area contributed by atoms with Gasteiger partial charge >= 0.3 is 5.97 Å². The van der Waals surface area contributed by atoms with E-state index < -0.39 is 5.97 Å². The van der Waals surface area contributed by atoms with Crippen LogP contribution in [0.3, 0.4) is 0 Å². The van der Waals surface area contributed by atoms with Crippen LogP contribution in [0.2, 0.25) is 0 Å². The number of amides is 1. The molecule has 2 aliphatic rings. The van der Waals surface area contributed by atoms with E-state index in [0.717, 1.165) is 41.9 Å². The van der Waals surface area contributed by atoms with Crippen molar-refractivity contribution < 1.29 is 14.3 Å². The van der Waals surface area contributed by atoms with E-state index in [-0.39, 0.29) is 5.91 Å². The first-order chi connectivity index (χ1) is 16.3. The van der Waals surface area contributed by atoms with Gasteiger partial charge in [0.15, 0.2) is 0 Å². The van der Waals surface area contributed by atoms with E-state index in [1.807, 2.05) is 19.9 Å². The first kappa shape index (κ1) is 23.8. The lowest BCUT2D eigenvalue weighted by atomic mass is 9.97. The number of carbonyl (C=O) groups is 2. The molecule has 1 aromatic carbocycles. The van der Waals surface area contributed by atoms with Gasteiger partial charge in [-0.15, -0.1) is 0 Å². The summed E-state index contributed by atoms with van der Waals surface area (Å²) in [6, 6.07) is 10.4. The highest BCUT2D eigenvalue weighted by atomic mass is 16.5. The maximum Gasteiger partial charge on any atom is 0.340 e. The van der Waals surface area contributed by atoms with Gasteiger partial charge in [-0.3, -0.25) is 4.79 Å². The topological polar surface area (TPSA) is 51.5 Å². The van der Waals surface area contributed by atoms with Crippen LogP contribution in [0, 0.1) is 20.8 Å². The van der Waals surface area contributed by atoms with Gasteiger partial charge in [-0.1, -0.05) is 29.3 Å². The van der Waals surface area contributed by atoms with Crippen LogP contribution in [0.5, 0.6) is 0 Å². The van der Waals surface area contributed by atoms with Crippen molar-refractivity contribution in [3.8, 4) is 5.69 Å². The average molecular weight is 459 g/mol. The molecule has 0 radical (unpaired) electrons. The number of allylic oxidation sites excluding steroid dienone is 2. The molecule has 1 aromatic heterocycles. The lowest BCUT2D eigenvalue weighted by Gasteiger charge is -2.20. The van der Waals surface area contributed by atoms with E-state index in [4.69, 9.17) is 4.74 Å². The summed E-state index contributed by atoms with van der Waals surface area (Å²) in [7, 11) is 1.36. The number of ether oxygens (including phenoxy) is 1. The number of aryl methyl sites for hydroxylation is 2. The Morgan fingerprint density at radius 1 is 1.09 bits per heavy atom. The van der Waals surface area contributed by atoms with Crippen molar-refractivity contribution in [3.05, 3.63) is 81.3 Å². The Balaban J connectivity index is 1.69. The summed E-state index contributed by atoms with van der Waals surface area (Å²) in [6.07, 6.45) is 9.67. The van der Waals surface area contributed by atoms with Crippen molar-refractivity contribution in [2.24, 2.45) is 0 Å². The molecule has 0 spiro atoms. The van der Waals surface area contributed by atoms with Crippen molar-refractivity contribution in [1.82, 2.24) is 9.47 Å². The Kier molecular flexibility index (Phi) is 6.92. The Morgan fingerprint density at radius 3 is 2.47 bits per heavy atom. The maximum absolute atomic E-state index is 13.5. The number of rotatable bonds is 6. The van der Waals surface area contributed by atoms with Crippen molar-refractivity contribution in [1.29, 1.82) is 0 Å². The van der Waals surface area contributed by atoms with Crippen molar-refractivity contribution >= 4 is 18.0 Å². The Labute approximate surface area is 202 Å². The summed E-state index contributed by atoms with van der Waals surface area (Å²) in [4.78, 5) is 28.0. The molecule has 0 unspecified atom stereocenters. The number of carbonyl (C=O) groups excluding carboxylic acids is 2. The third-order valence-electron chi connectivity index (χ3n) is 7.00. The van der Waals surface area contributed by atoms with Crippen LogP contribution in [0.4, 0.5) is 0 Å². The first-order valence-electron chi connectivity index (χ1n) is 12.1. The zero-order valence-corrected chi connectivity index (χ0v) is 20.9. The number of methoxy groups -OCH3 is 1. The van der Waals surface area contributed by atoms with Gasteiger partial charge in [0.2, 0.25) is 0 Å². The van der Waals surface area contributed by atoms with Gasteiger partial charge < -0.3 is 14.2 Å². The zero-order valence-electron chi connectivity index (χ0n) is 20.9. The predicted molar refractivity (Wildman–Crippen MR) is 136 cm³/mol. The lowest BCUT2D eigenvalue weighted by molar-refractivity contribution is -0.136. The summed E-state index contributed by atoms with van der Waals surface area (Å²) in [5.41, 5.74) is 8.15. The molecule has 34 heavy (non-hydrogen) atoms. The number of hydrogen-bond acceptors (Lipinski definition) is 3. The summed E-state index contributed by atoms with van der Waals surface area (Å²) >= 11 is 0. The van der Waals surface area contributed by atoms with E-state index in [1.165, 1.54) is 31.1 Å². The SMILES string of the molecule is COC(=O)C1=C(C)N(CCC2=CCCCC2)C(=O)/C1=C\c1cc(C)n(-c2ccc(C)cc2)c1C. The molecule has 0 fully saturated rings. The summed E-state index contributed by atoms with van der Waals surface area (Å²) in [5, 5.41) is 0. The predicted octanol–water partition coefficient (Wildman–Crippen LogP) is 5.97. The molecule has 1 aliphatic heterocycles. The van der Waals surface area contributed by atoms with E-state index in [2.05, 4.69) is 54.8 Å². The molecule has 0 saturated heterocycles. The molecule has 5 nitrogen and oxygen atoms in total. The van der Waals surface area contributed by atoms with E-state index in [0.29, 0.717) is 23.4 Å². The number of esters is 1. The van der Waals surface area contributed by atoms with Crippen LogP contribution in [-0.2, 0) is 14.3 Å². The molecule has 0 saturated carbocycles. The number of benzene rings is 1. The summed E-state index contributed by atoms with van der Waals surface area (Å²) in [5.74, 6) is -0.599. The molecule has 4 rings (SSSR count). The van der Waals surface area contributed by atoms with Crippen LogP contribution in [0.1, 0.15) is 61.5 Å². The smallest absolute Gasteiger partial charge is 0.340 e. The van der Waals surface area contributed by atoms with Crippen LogP contribution in [-0.4, -0.2) is 35.0 Å². The Hall–Kier alpha value is -3.34. The fourth-order valence-corrected chi connectivity index (χ4v) is 5.06.